The molecule has 3 heterocycles. The Bertz CT molecular complexity index is 684. The monoisotopic (exact) mass is 535 g/mol. The first-order valence-electron chi connectivity index (χ1n) is 10.4. The molecule has 30 heavy (non-hydrogen) atoms. The van der Waals surface area contributed by atoms with E-state index in [-0.39, 0.29) is 42.2 Å². The number of guanidine groups is 1. The van der Waals surface area contributed by atoms with Crippen molar-refractivity contribution >= 4 is 36.0 Å². The molecule has 2 saturated heterocycles. The van der Waals surface area contributed by atoms with Crippen LogP contribution in [-0.4, -0.2) is 80.4 Å². The molecule has 2 aliphatic heterocycles. The molecule has 0 aliphatic carbocycles. The highest BCUT2D eigenvalue weighted by atomic mass is 127. The topological polar surface area (TPSA) is 106 Å². The molecule has 0 radical (unpaired) electrons. The summed E-state index contributed by atoms with van der Waals surface area (Å²) in [6.45, 7) is 9.12. The largest absolute Gasteiger partial charge is 0.465 e. The third kappa shape index (κ3) is 7.02. The maximum atomic E-state index is 11.8. The molecular formula is C20H34IN5O4. The van der Waals surface area contributed by atoms with Gasteiger partial charge in [0.25, 0.3) is 0 Å². The van der Waals surface area contributed by atoms with Crippen molar-refractivity contribution in [3.8, 4) is 0 Å². The number of hydrogen-bond donors (Lipinski definition) is 2. The minimum absolute atomic E-state index is 0. The number of likely N-dealkylation sites (tertiary alicyclic amines) is 1. The molecule has 10 heteroatoms. The second-order valence-corrected chi connectivity index (χ2v) is 7.44. The van der Waals surface area contributed by atoms with Gasteiger partial charge in [-0.2, -0.15) is 0 Å². The van der Waals surface area contributed by atoms with Crippen molar-refractivity contribution < 1.29 is 18.7 Å². The minimum atomic E-state index is -0.241. The Balaban J connectivity index is 0.00000320. The van der Waals surface area contributed by atoms with E-state index in [1.807, 2.05) is 26.0 Å². The molecule has 2 fully saturated rings. The molecule has 1 aromatic heterocycles. The molecule has 1 amide bonds. The molecule has 0 bridgehead atoms. The SMILES string of the molecule is CCOC(=O)N1CCC(NC(N)=NCC(c2ccc(C)o2)N2CCOCC2)CC1.I. The lowest BCUT2D eigenvalue weighted by Crippen LogP contribution is -2.48. The maximum absolute atomic E-state index is 11.8. The van der Waals surface area contributed by atoms with E-state index in [1.165, 1.54) is 0 Å². The summed E-state index contributed by atoms with van der Waals surface area (Å²) in [5.74, 6) is 2.23. The Kier molecular flexibility index (Phi) is 10.2. The fraction of sp³-hybridized carbons (Fsp3) is 0.700. The number of carbonyl (C=O) groups excluding carboxylic acids is 1. The van der Waals surface area contributed by atoms with Gasteiger partial charge in [-0.15, -0.1) is 24.0 Å². The van der Waals surface area contributed by atoms with Crippen LogP contribution in [0.25, 0.3) is 0 Å². The number of ether oxygens (including phenoxy) is 2. The van der Waals surface area contributed by atoms with Gasteiger partial charge < -0.3 is 29.8 Å². The standard InChI is InChI=1S/C20H33N5O4.HI/c1-3-28-20(26)25-8-6-16(7-9-25)23-19(21)22-14-17(18-5-4-15(2)29-18)24-10-12-27-13-11-24;/h4-5,16-17H,3,6-14H2,1-2H3,(H3,21,22,23);1H. The number of hydrogen-bond acceptors (Lipinski definition) is 6. The number of nitrogens with one attached hydrogen (secondary N) is 1. The van der Waals surface area contributed by atoms with Gasteiger partial charge in [-0.05, 0) is 38.8 Å². The quantitative estimate of drug-likeness (QED) is 0.327. The van der Waals surface area contributed by atoms with E-state index in [9.17, 15) is 4.79 Å². The van der Waals surface area contributed by atoms with Gasteiger partial charge in [0.2, 0.25) is 0 Å². The third-order valence-corrected chi connectivity index (χ3v) is 5.38. The van der Waals surface area contributed by atoms with Crippen LogP contribution in [0, 0.1) is 6.92 Å². The van der Waals surface area contributed by atoms with Gasteiger partial charge in [0.1, 0.15) is 11.5 Å². The first-order valence-corrected chi connectivity index (χ1v) is 10.4. The molecule has 1 unspecified atom stereocenters. The lowest BCUT2D eigenvalue weighted by molar-refractivity contribution is 0.0135. The predicted molar refractivity (Wildman–Crippen MR) is 125 cm³/mol. The summed E-state index contributed by atoms with van der Waals surface area (Å²) < 4.78 is 16.4. The van der Waals surface area contributed by atoms with Gasteiger partial charge >= 0.3 is 6.09 Å². The molecule has 0 spiro atoms. The van der Waals surface area contributed by atoms with Crippen LogP contribution in [0.15, 0.2) is 21.5 Å². The van der Waals surface area contributed by atoms with Gasteiger partial charge in [-0.3, -0.25) is 9.89 Å². The number of piperidine rings is 1. The van der Waals surface area contributed by atoms with Crippen molar-refractivity contribution in [3.63, 3.8) is 0 Å². The zero-order chi connectivity index (χ0) is 20.6. The Labute approximate surface area is 195 Å². The number of morpholine rings is 1. The van der Waals surface area contributed by atoms with E-state index in [0.717, 1.165) is 37.5 Å². The van der Waals surface area contributed by atoms with Crippen molar-refractivity contribution in [2.24, 2.45) is 10.7 Å². The first-order chi connectivity index (χ1) is 14.1. The highest BCUT2D eigenvalue weighted by Gasteiger charge is 2.26. The van der Waals surface area contributed by atoms with Crippen LogP contribution in [-0.2, 0) is 9.47 Å². The minimum Gasteiger partial charge on any atom is -0.465 e. The van der Waals surface area contributed by atoms with Gasteiger partial charge in [-0.25, -0.2) is 4.79 Å². The van der Waals surface area contributed by atoms with Gasteiger partial charge in [0.15, 0.2) is 5.96 Å². The summed E-state index contributed by atoms with van der Waals surface area (Å²) >= 11 is 0. The predicted octanol–water partition coefficient (Wildman–Crippen LogP) is 2.10. The van der Waals surface area contributed by atoms with Crippen LogP contribution in [0.4, 0.5) is 4.79 Å². The Hall–Kier alpha value is -1.53. The third-order valence-electron chi connectivity index (χ3n) is 5.38. The number of halogens is 1. The van der Waals surface area contributed by atoms with Crippen LogP contribution < -0.4 is 11.1 Å². The highest BCUT2D eigenvalue weighted by molar-refractivity contribution is 14.0. The second kappa shape index (κ2) is 12.4. The number of aryl methyl sites for hydroxylation is 1. The van der Waals surface area contributed by atoms with E-state index in [4.69, 9.17) is 19.6 Å². The molecule has 3 N–H and O–H groups in total. The second-order valence-electron chi connectivity index (χ2n) is 7.44. The average Bonchev–Trinajstić information content (AvgIpc) is 3.15. The zero-order valence-electron chi connectivity index (χ0n) is 17.8. The summed E-state index contributed by atoms with van der Waals surface area (Å²) in [4.78, 5) is 20.5. The van der Waals surface area contributed by atoms with Crippen molar-refractivity contribution in [2.75, 3.05) is 52.5 Å². The number of carbonyl (C=O) groups is 1. The van der Waals surface area contributed by atoms with Crippen LogP contribution in [0.1, 0.15) is 37.3 Å². The normalized spacial score (nSPS) is 19.8. The number of furan rings is 1. The number of aliphatic imine (C=N–C) groups is 1. The van der Waals surface area contributed by atoms with E-state index in [1.54, 1.807) is 4.90 Å². The van der Waals surface area contributed by atoms with Crippen molar-refractivity contribution in [1.29, 1.82) is 0 Å². The number of amides is 1. The number of nitrogens with two attached hydrogens (primary N) is 1. The summed E-state index contributed by atoms with van der Waals surface area (Å²) in [6, 6.07) is 4.24. The number of nitrogens with zero attached hydrogens (tertiary/aromatic N) is 3. The van der Waals surface area contributed by atoms with Crippen LogP contribution >= 0.6 is 24.0 Å². The van der Waals surface area contributed by atoms with Crippen molar-refractivity contribution in [3.05, 3.63) is 23.7 Å². The molecule has 9 nitrogen and oxygen atoms in total. The van der Waals surface area contributed by atoms with Crippen LogP contribution in [0.2, 0.25) is 0 Å². The fourth-order valence-electron chi connectivity index (χ4n) is 3.77. The first kappa shape index (κ1) is 24.7. The van der Waals surface area contributed by atoms with Gasteiger partial charge in [0, 0.05) is 32.2 Å². The molecule has 1 aromatic rings. The summed E-state index contributed by atoms with van der Waals surface area (Å²) in [7, 11) is 0. The molecule has 2 aliphatic rings. The zero-order valence-corrected chi connectivity index (χ0v) is 20.2. The van der Waals surface area contributed by atoms with Crippen molar-refractivity contribution in [1.82, 2.24) is 15.1 Å². The average molecular weight is 535 g/mol. The van der Waals surface area contributed by atoms with Crippen LogP contribution in [0.5, 0.6) is 0 Å². The number of rotatable bonds is 6. The van der Waals surface area contributed by atoms with E-state index in [2.05, 4.69) is 15.2 Å². The van der Waals surface area contributed by atoms with Gasteiger partial charge in [0.05, 0.1) is 32.4 Å². The van der Waals surface area contributed by atoms with E-state index in [0.29, 0.717) is 45.4 Å². The molecule has 170 valence electrons. The molecule has 3 rings (SSSR count). The molecule has 1 atom stereocenters. The summed E-state index contributed by atoms with van der Waals surface area (Å²) in [5.41, 5.74) is 6.17. The summed E-state index contributed by atoms with van der Waals surface area (Å²) in [5, 5.41) is 3.30. The molecule has 0 aromatic carbocycles. The lowest BCUT2D eigenvalue weighted by Gasteiger charge is -2.33. The highest BCUT2D eigenvalue weighted by Crippen LogP contribution is 2.24. The lowest BCUT2D eigenvalue weighted by atomic mass is 10.1. The Morgan fingerprint density at radius 2 is 2.00 bits per heavy atom. The van der Waals surface area contributed by atoms with E-state index < -0.39 is 0 Å². The maximum Gasteiger partial charge on any atom is 0.409 e. The van der Waals surface area contributed by atoms with Gasteiger partial charge in [-0.1, -0.05) is 0 Å². The summed E-state index contributed by atoms with van der Waals surface area (Å²) in [6.07, 6.45) is 1.40. The Morgan fingerprint density at radius 1 is 1.30 bits per heavy atom. The van der Waals surface area contributed by atoms with E-state index >= 15 is 0 Å². The smallest absolute Gasteiger partial charge is 0.409 e. The molecule has 0 saturated carbocycles. The molecular weight excluding hydrogens is 501 g/mol. The fourth-order valence-corrected chi connectivity index (χ4v) is 3.77. The van der Waals surface area contributed by atoms with Crippen LogP contribution in [0.3, 0.4) is 0 Å². The Morgan fingerprint density at radius 3 is 2.60 bits per heavy atom. The van der Waals surface area contributed by atoms with Crippen molar-refractivity contribution in [2.45, 2.75) is 38.8 Å².